The molecule has 44 valence electrons. The van der Waals surface area contributed by atoms with Crippen LogP contribution in [0.2, 0.25) is 0 Å². The number of rotatable bonds is 1. The molecular formula is C3H6N3O2+. The van der Waals surface area contributed by atoms with Crippen molar-refractivity contribution in [2.24, 2.45) is 0 Å². The number of aliphatic carboxylic acids is 1. The second kappa shape index (κ2) is 9.10. The standard InChI is InChI=1S/C3H4O2.H2N3/c1-2-3(4)5;1-3-2/h2H,1H2,(H,4,5);1-2H/q;+1. The van der Waals surface area contributed by atoms with E-state index >= 15 is 0 Å². The van der Waals surface area contributed by atoms with Crippen molar-refractivity contribution in [1.29, 1.82) is 11.1 Å². The molecule has 5 nitrogen and oxygen atoms in total. The SMILES string of the molecule is C=CC(=O)O.N=[N+]=N. The fourth-order valence-corrected chi connectivity index (χ4v) is 0. The Morgan fingerprint density at radius 3 is 1.88 bits per heavy atom. The number of nitrogens with zero attached hydrogens (tertiary/aromatic N) is 1. The summed E-state index contributed by atoms with van der Waals surface area (Å²) in [4.78, 5) is 11.2. The molecule has 0 amide bonds. The van der Waals surface area contributed by atoms with Crippen LogP contribution in [-0.4, -0.2) is 11.1 Å². The Morgan fingerprint density at radius 2 is 1.88 bits per heavy atom. The largest absolute Gasteiger partial charge is 0.478 e. The van der Waals surface area contributed by atoms with Crippen molar-refractivity contribution in [2.45, 2.75) is 0 Å². The molecule has 0 saturated carbocycles. The summed E-state index contributed by atoms with van der Waals surface area (Å²) in [6, 6.07) is 0. The predicted octanol–water partition coefficient (Wildman–Crippen LogP) is 0.373. The van der Waals surface area contributed by atoms with E-state index in [9.17, 15) is 4.79 Å². The molecule has 0 radical (unpaired) electrons. The molecule has 0 aromatic heterocycles. The van der Waals surface area contributed by atoms with E-state index in [4.69, 9.17) is 16.2 Å². The molecule has 5 heteroatoms. The highest BCUT2D eigenvalue weighted by molar-refractivity contribution is 5.78. The van der Waals surface area contributed by atoms with Gasteiger partial charge in [-0.15, -0.1) is 0 Å². The normalized spacial score (nSPS) is 5.00. The highest BCUT2D eigenvalue weighted by Gasteiger charge is 1.73. The van der Waals surface area contributed by atoms with Crippen LogP contribution in [0.25, 0.3) is 0 Å². The highest BCUT2D eigenvalue weighted by Crippen LogP contribution is 1.54. The van der Waals surface area contributed by atoms with Crippen LogP contribution in [0.1, 0.15) is 0 Å². The van der Waals surface area contributed by atoms with Crippen LogP contribution in [0.4, 0.5) is 0 Å². The fraction of sp³-hybridized carbons (Fsp3) is 0. The van der Waals surface area contributed by atoms with E-state index in [0.717, 1.165) is 6.08 Å². The monoisotopic (exact) mass is 116 g/mol. The molecule has 0 heterocycles. The Balaban J connectivity index is 0. The molecule has 8 heavy (non-hydrogen) atoms. The summed E-state index contributed by atoms with van der Waals surface area (Å²) in [6.45, 7) is 2.96. The summed E-state index contributed by atoms with van der Waals surface area (Å²) < 4.78 is 0. The lowest BCUT2D eigenvalue weighted by molar-refractivity contribution is -0.131. The Bertz CT molecular complexity index is 114. The molecule has 0 rings (SSSR count). The van der Waals surface area contributed by atoms with Crippen molar-refractivity contribution in [3.05, 3.63) is 12.7 Å². The van der Waals surface area contributed by atoms with Crippen LogP contribution in [0.3, 0.4) is 0 Å². The lowest BCUT2D eigenvalue weighted by Gasteiger charge is -1.64. The summed E-state index contributed by atoms with van der Waals surface area (Å²) >= 11 is 0. The average Bonchev–Trinajstić information content (AvgIpc) is 1.69. The molecular weight excluding hydrogens is 110 g/mol. The highest BCUT2D eigenvalue weighted by atomic mass is 16.4. The van der Waals surface area contributed by atoms with E-state index in [0.29, 0.717) is 0 Å². The Labute approximate surface area is 45.7 Å². The minimum Gasteiger partial charge on any atom is -0.478 e. The zero-order chi connectivity index (χ0) is 6.99. The topological polar surface area (TPSA) is 99.1 Å². The molecule has 0 fully saturated rings. The van der Waals surface area contributed by atoms with Crippen LogP contribution >= 0.6 is 0 Å². The van der Waals surface area contributed by atoms with E-state index in [1.165, 1.54) is 0 Å². The summed E-state index contributed by atoms with van der Waals surface area (Å²) in [5.74, 6) is -0.981. The lowest BCUT2D eigenvalue weighted by Crippen LogP contribution is -1.82. The summed E-state index contributed by atoms with van der Waals surface area (Å²) in [5, 5.41) is 7.60. The molecule has 0 atom stereocenters. The van der Waals surface area contributed by atoms with Crippen molar-refractivity contribution in [2.75, 3.05) is 0 Å². The fourth-order valence-electron chi connectivity index (χ4n) is 0. The van der Waals surface area contributed by atoms with E-state index in [1.807, 2.05) is 4.91 Å². The van der Waals surface area contributed by atoms with E-state index in [1.54, 1.807) is 0 Å². The van der Waals surface area contributed by atoms with Gasteiger partial charge in [-0.25, -0.2) is 4.79 Å². The minimum absolute atomic E-state index is 0.833. The van der Waals surface area contributed by atoms with E-state index < -0.39 is 5.97 Å². The van der Waals surface area contributed by atoms with Gasteiger partial charge in [0.05, 0.1) is 0 Å². The first-order valence-electron chi connectivity index (χ1n) is 1.57. The number of hydrogen-bond donors (Lipinski definition) is 3. The Morgan fingerprint density at radius 1 is 1.75 bits per heavy atom. The third-order valence-corrected chi connectivity index (χ3v) is 0.175. The second-order valence-electron chi connectivity index (χ2n) is 0.654. The number of hydrogen-bond acceptors (Lipinski definition) is 3. The summed E-state index contributed by atoms with van der Waals surface area (Å²) in [6.07, 6.45) is 0.833. The Kier molecular flexibility index (Phi) is 11.1. The molecule has 0 aromatic rings. The smallest absolute Gasteiger partial charge is 0.327 e. The molecule has 0 unspecified atom stereocenters. The maximum Gasteiger partial charge on any atom is 0.327 e. The maximum absolute atomic E-state index is 9.25. The predicted molar refractivity (Wildman–Crippen MR) is 25.4 cm³/mol. The minimum atomic E-state index is -0.981. The third-order valence-electron chi connectivity index (χ3n) is 0.175. The number of nitrogens with one attached hydrogen (secondary N) is 2. The van der Waals surface area contributed by atoms with Crippen LogP contribution < -0.4 is 4.91 Å². The molecule has 0 aromatic carbocycles. The van der Waals surface area contributed by atoms with Gasteiger partial charge in [0.15, 0.2) is 0 Å². The van der Waals surface area contributed by atoms with Gasteiger partial charge in [0, 0.05) is 6.08 Å². The van der Waals surface area contributed by atoms with Crippen LogP contribution in [0, 0.1) is 11.1 Å². The van der Waals surface area contributed by atoms with Crippen molar-refractivity contribution in [3.8, 4) is 0 Å². The van der Waals surface area contributed by atoms with Gasteiger partial charge in [-0.2, -0.15) is 0 Å². The molecule has 3 N–H and O–H groups in total. The van der Waals surface area contributed by atoms with Crippen LogP contribution in [0.5, 0.6) is 0 Å². The van der Waals surface area contributed by atoms with Gasteiger partial charge in [0.25, 0.3) is 0 Å². The third kappa shape index (κ3) is 207. The zero-order valence-corrected chi connectivity index (χ0v) is 4.09. The van der Waals surface area contributed by atoms with Crippen molar-refractivity contribution >= 4 is 5.97 Å². The average molecular weight is 116 g/mol. The first kappa shape index (κ1) is 9.72. The second-order valence-corrected chi connectivity index (χ2v) is 0.654. The summed E-state index contributed by atoms with van der Waals surface area (Å²) in [5.41, 5.74) is 11.0. The van der Waals surface area contributed by atoms with E-state index in [-0.39, 0.29) is 0 Å². The Hall–Kier alpha value is -1.48. The van der Waals surface area contributed by atoms with Gasteiger partial charge in [-0.3, -0.25) is 0 Å². The quantitative estimate of drug-likeness (QED) is 0.262. The van der Waals surface area contributed by atoms with Crippen LogP contribution in [-0.2, 0) is 4.79 Å². The van der Waals surface area contributed by atoms with Crippen molar-refractivity contribution in [3.63, 3.8) is 0 Å². The van der Waals surface area contributed by atoms with Gasteiger partial charge in [-0.05, 0) is 0 Å². The van der Waals surface area contributed by atoms with Gasteiger partial charge in [-0.1, -0.05) is 6.58 Å². The van der Waals surface area contributed by atoms with Crippen LogP contribution in [0.15, 0.2) is 12.7 Å². The number of carboxylic acids is 1. The molecule has 0 bridgehead atoms. The van der Waals surface area contributed by atoms with Crippen molar-refractivity contribution < 1.29 is 9.90 Å². The molecule has 0 aliphatic rings. The maximum atomic E-state index is 9.25. The van der Waals surface area contributed by atoms with Gasteiger partial charge >= 0.3 is 5.97 Å². The number of carbonyl (C=O) groups is 1. The van der Waals surface area contributed by atoms with Crippen molar-refractivity contribution in [1.82, 2.24) is 4.91 Å². The molecule has 0 aliphatic heterocycles. The molecule has 0 saturated heterocycles. The van der Waals surface area contributed by atoms with Gasteiger partial charge < -0.3 is 5.11 Å². The van der Waals surface area contributed by atoms with Gasteiger partial charge in [0.2, 0.25) is 4.91 Å². The first-order valence-corrected chi connectivity index (χ1v) is 1.57. The number of carboxylic acid groups (broad SMARTS) is 1. The summed E-state index contributed by atoms with van der Waals surface area (Å²) in [7, 11) is 0. The first-order chi connectivity index (χ1) is 3.68. The molecule has 0 spiro atoms. The lowest BCUT2D eigenvalue weighted by atomic mass is 10.7. The molecule has 0 aliphatic carbocycles. The van der Waals surface area contributed by atoms with Gasteiger partial charge in [0.1, 0.15) is 11.1 Å². The van der Waals surface area contributed by atoms with E-state index in [2.05, 4.69) is 6.58 Å². The zero-order valence-electron chi connectivity index (χ0n) is 4.09.